The molecule has 1 aliphatic heterocycles. The number of imidazole rings is 1. The third-order valence-corrected chi connectivity index (χ3v) is 5.01. The Morgan fingerprint density at radius 3 is 2.95 bits per heavy atom. The summed E-state index contributed by atoms with van der Waals surface area (Å²) >= 11 is 1.58. The SMILES string of the molecule is O=C(c1cc2ccccc2s1)N1CC(Cn2ccnc2)C1. The lowest BCUT2D eigenvalue weighted by molar-refractivity contribution is 0.0474. The van der Waals surface area contributed by atoms with E-state index >= 15 is 0 Å². The minimum atomic E-state index is 0.165. The average Bonchev–Trinajstić information content (AvgIpc) is 3.10. The largest absolute Gasteiger partial charge is 0.337 e. The molecule has 4 nitrogen and oxygen atoms in total. The molecule has 0 aliphatic carbocycles. The number of benzene rings is 1. The molecule has 5 heteroatoms. The van der Waals surface area contributed by atoms with Crippen molar-refractivity contribution in [1.82, 2.24) is 14.5 Å². The van der Waals surface area contributed by atoms with Gasteiger partial charge in [0, 0.05) is 42.6 Å². The molecule has 2 aromatic heterocycles. The van der Waals surface area contributed by atoms with E-state index in [2.05, 4.69) is 21.7 Å². The number of hydrogen-bond donors (Lipinski definition) is 0. The summed E-state index contributed by atoms with van der Waals surface area (Å²) in [7, 11) is 0. The lowest BCUT2D eigenvalue weighted by atomic mass is 10.00. The Labute approximate surface area is 126 Å². The van der Waals surface area contributed by atoms with E-state index in [-0.39, 0.29) is 5.91 Å². The molecule has 1 saturated heterocycles. The summed E-state index contributed by atoms with van der Waals surface area (Å²) in [6, 6.07) is 10.1. The summed E-state index contributed by atoms with van der Waals surface area (Å²) in [6.07, 6.45) is 5.59. The van der Waals surface area contributed by atoms with E-state index in [1.165, 1.54) is 4.70 Å². The number of thiophene rings is 1. The first-order chi connectivity index (χ1) is 10.3. The van der Waals surface area contributed by atoms with Gasteiger partial charge < -0.3 is 9.47 Å². The third kappa shape index (κ3) is 2.34. The van der Waals surface area contributed by atoms with Gasteiger partial charge in [-0.15, -0.1) is 11.3 Å². The monoisotopic (exact) mass is 297 g/mol. The Morgan fingerprint density at radius 1 is 1.33 bits per heavy atom. The Morgan fingerprint density at radius 2 is 2.19 bits per heavy atom. The highest BCUT2D eigenvalue weighted by Crippen LogP contribution is 2.28. The zero-order valence-electron chi connectivity index (χ0n) is 11.5. The Kier molecular flexibility index (Phi) is 3.00. The van der Waals surface area contributed by atoms with Gasteiger partial charge in [-0.25, -0.2) is 4.98 Å². The summed E-state index contributed by atoms with van der Waals surface area (Å²) in [5, 5.41) is 1.15. The first-order valence-electron chi connectivity index (χ1n) is 7.03. The van der Waals surface area contributed by atoms with Crippen molar-refractivity contribution in [3.05, 3.63) is 53.9 Å². The second-order valence-corrected chi connectivity index (χ2v) is 6.57. The van der Waals surface area contributed by atoms with Crippen LogP contribution in [0.5, 0.6) is 0 Å². The molecule has 0 bridgehead atoms. The summed E-state index contributed by atoms with van der Waals surface area (Å²) < 4.78 is 3.25. The van der Waals surface area contributed by atoms with Crippen LogP contribution in [0.2, 0.25) is 0 Å². The number of likely N-dealkylation sites (tertiary alicyclic amines) is 1. The van der Waals surface area contributed by atoms with E-state index in [4.69, 9.17) is 0 Å². The lowest BCUT2D eigenvalue weighted by Gasteiger charge is -2.39. The molecule has 0 saturated carbocycles. The highest BCUT2D eigenvalue weighted by Gasteiger charge is 2.31. The van der Waals surface area contributed by atoms with E-state index in [1.54, 1.807) is 17.5 Å². The van der Waals surface area contributed by atoms with Crippen LogP contribution in [0.1, 0.15) is 9.67 Å². The number of carbonyl (C=O) groups excluding carboxylic acids is 1. The van der Waals surface area contributed by atoms with E-state index in [1.807, 2.05) is 35.6 Å². The molecule has 3 aromatic rings. The van der Waals surface area contributed by atoms with Gasteiger partial charge in [0.1, 0.15) is 0 Å². The van der Waals surface area contributed by atoms with Crippen LogP contribution >= 0.6 is 11.3 Å². The summed E-state index contributed by atoms with van der Waals surface area (Å²) in [5.41, 5.74) is 0. The van der Waals surface area contributed by atoms with Crippen LogP contribution in [-0.2, 0) is 6.54 Å². The van der Waals surface area contributed by atoms with Gasteiger partial charge in [-0.2, -0.15) is 0 Å². The molecule has 1 aromatic carbocycles. The van der Waals surface area contributed by atoms with Crippen molar-refractivity contribution in [3.8, 4) is 0 Å². The number of amides is 1. The van der Waals surface area contributed by atoms with Crippen LogP contribution in [0, 0.1) is 5.92 Å². The zero-order chi connectivity index (χ0) is 14.2. The predicted octanol–water partition coefficient (Wildman–Crippen LogP) is 2.87. The van der Waals surface area contributed by atoms with Crippen LogP contribution in [0.4, 0.5) is 0 Å². The molecule has 0 N–H and O–H groups in total. The van der Waals surface area contributed by atoms with E-state index in [9.17, 15) is 4.79 Å². The smallest absolute Gasteiger partial charge is 0.263 e. The van der Waals surface area contributed by atoms with Crippen LogP contribution in [0.15, 0.2) is 49.1 Å². The van der Waals surface area contributed by atoms with Crippen LogP contribution in [0.25, 0.3) is 10.1 Å². The predicted molar refractivity (Wildman–Crippen MR) is 83.4 cm³/mol. The van der Waals surface area contributed by atoms with Gasteiger partial charge in [-0.1, -0.05) is 18.2 Å². The quantitative estimate of drug-likeness (QED) is 0.745. The van der Waals surface area contributed by atoms with Crippen molar-refractivity contribution >= 4 is 27.3 Å². The maximum atomic E-state index is 12.5. The molecule has 0 spiro atoms. The standard InChI is InChI=1S/C16H15N3OS/c20-16(15-7-13-3-1-2-4-14(13)21-15)19-9-12(10-19)8-18-6-5-17-11-18/h1-7,11-12H,8-10H2. The first-order valence-corrected chi connectivity index (χ1v) is 7.85. The molecular weight excluding hydrogens is 282 g/mol. The highest BCUT2D eigenvalue weighted by molar-refractivity contribution is 7.20. The minimum absolute atomic E-state index is 0.165. The van der Waals surface area contributed by atoms with Gasteiger partial charge in [-0.3, -0.25) is 4.79 Å². The molecule has 0 atom stereocenters. The van der Waals surface area contributed by atoms with Crippen LogP contribution in [0.3, 0.4) is 0 Å². The average molecular weight is 297 g/mol. The number of rotatable bonds is 3. The van der Waals surface area contributed by atoms with Gasteiger partial charge in [0.25, 0.3) is 5.91 Å². The molecule has 106 valence electrons. The van der Waals surface area contributed by atoms with Gasteiger partial charge in [0.15, 0.2) is 0 Å². The van der Waals surface area contributed by atoms with Gasteiger partial charge in [-0.05, 0) is 17.5 Å². The topological polar surface area (TPSA) is 38.1 Å². The van der Waals surface area contributed by atoms with E-state index in [0.29, 0.717) is 5.92 Å². The Balaban J connectivity index is 1.42. The van der Waals surface area contributed by atoms with E-state index < -0.39 is 0 Å². The van der Waals surface area contributed by atoms with Gasteiger partial charge in [0.2, 0.25) is 0 Å². The second-order valence-electron chi connectivity index (χ2n) is 5.48. The Hall–Kier alpha value is -2.14. The second kappa shape index (κ2) is 5.00. The lowest BCUT2D eigenvalue weighted by Crippen LogP contribution is -2.51. The molecule has 3 heterocycles. The van der Waals surface area contributed by atoms with Crippen molar-refractivity contribution in [2.75, 3.05) is 13.1 Å². The highest BCUT2D eigenvalue weighted by atomic mass is 32.1. The van der Waals surface area contributed by atoms with Gasteiger partial charge >= 0.3 is 0 Å². The minimum Gasteiger partial charge on any atom is -0.337 e. The van der Waals surface area contributed by atoms with Crippen LogP contribution < -0.4 is 0 Å². The number of nitrogens with zero attached hydrogens (tertiary/aromatic N) is 3. The number of carbonyl (C=O) groups is 1. The zero-order valence-corrected chi connectivity index (χ0v) is 12.3. The summed E-state index contributed by atoms with van der Waals surface area (Å²) in [5.74, 6) is 0.704. The van der Waals surface area contributed by atoms with Crippen molar-refractivity contribution in [1.29, 1.82) is 0 Å². The third-order valence-electron chi connectivity index (χ3n) is 3.91. The van der Waals surface area contributed by atoms with Crippen molar-refractivity contribution in [2.24, 2.45) is 5.92 Å². The molecule has 0 unspecified atom stereocenters. The Bertz CT molecular complexity index is 739. The number of fused-ring (bicyclic) bond motifs is 1. The molecule has 21 heavy (non-hydrogen) atoms. The number of aromatic nitrogens is 2. The molecule has 4 rings (SSSR count). The first kappa shape index (κ1) is 12.6. The van der Waals surface area contributed by atoms with Crippen LogP contribution in [-0.4, -0.2) is 33.4 Å². The van der Waals surface area contributed by atoms with Gasteiger partial charge in [0.05, 0.1) is 11.2 Å². The number of hydrogen-bond acceptors (Lipinski definition) is 3. The fourth-order valence-electron chi connectivity index (χ4n) is 2.79. The van der Waals surface area contributed by atoms with Crippen molar-refractivity contribution in [2.45, 2.75) is 6.54 Å². The van der Waals surface area contributed by atoms with Crippen molar-refractivity contribution < 1.29 is 4.79 Å². The molecular formula is C16H15N3OS. The normalized spacial score (nSPS) is 15.3. The molecule has 1 amide bonds. The summed E-state index contributed by atoms with van der Waals surface area (Å²) in [4.78, 5) is 19.3. The molecule has 0 radical (unpaired) electrons. The maximum absolute atomic E-state index is 12.5. The van der Waals surface area contributed by atoms with E-state index in [0.717, 1.165) is 29.9 Å². The van der Waals surface area contributed by atoms with Crippen molar-refractivity contribution in [3.63, 3.8) is 0 Å². The maximum Gasteiger partial charge on any atom is 0.263 e. The molecule has 1 fully saturated rings. The summed E-state index contributed by atoms with van der Waals surface area (Å²) in [6.45, 7) is 2.62. The fourth-order valence-corrected chi connectivity index (χ4v) is 3.82. The molecule has 1 aliphatic rings. The fraction of sp³-hybridized carbons (Fsp3) is 0.250.